The summed E-state index contributed by atoms with van der Waals surface area (Å²) in [6.45, 7) is 3.08. The van der Waals surface area contributed by atoms with Crippen LogP contribution in [-0.4, -0.2) is 143 Å². The third-order valence-corrected chi connectivity index (χ3v) is 14.5. The molecule has 0 spiro atoms. The van der Waals surface area contributed by atoms with E-state index in [1.807, 2.05) is 48.5 Å². The number of hydrogen-bond acceptors (Lipinski definition) is 12. The van der Waals surface area contributed by atoms with Crippen molar-refractivity contribution in [3.63, 3.8) is 0 Å². The topological polar surface area (TPSA) is 265 Å². The summed E-state index contributed by atoms with van der Waals surface area (Å²) < 4.78 is 0. The molecule has 20 heteroatoms. The lowest BCUT2D eigenvalue weighted by Crippen LogP contribution is -2.55. The molecule has 10 atom stereocenters. The van der Waals surface area contributed by atoms with Crippen LogP contribution >= 0.6 is 0 Å². The summed E-state index contributed by atoms with van der Waals surface area (Å²) in [5.41, 5.74) is 3.96. The number of nitrogens with zero attached hydrogens (tertiary/aromatic N) is 4. The van der Waals surface area contributed by atoms with Crippen LogP contribution in [0.4, 0.5) is 0 Å². The predicted octanol–water partition coefficient (Wildman–Crippen LogP) is 0.495. The van der Waals surface area contributed by atoms with E-state index >= 15 is 0 Å². The van der Waals surface area contributed by atoms with Gasteiger partial charge in [0, 0.05) is 38.0 Å². The molecule has 20 nitrogen and oxygen atoms in total. The molecule has 2 aliphatic carbocycles. The van der Waals surface area contributed by atoms with Gasteiger partial charge in [0.15, 0.2) is 0 Å². The molecule has 0 unspecified atom stereocenters. The van der Waals surface area contributed by atoms with Gasteiger partial charge in [0.05, 0.1) is 36.6 Å². The van der Waals surface area contributed by atoms with Crippen molar-refractivity contribution in [2.24, 2.45) is 0 Å². The summed E-state index contributed by atoms with van der Waals surface area (Å²) in [6.07, 6.45) is 18.2. The van der Waals surface area contributed by atoms with Crippen molar-refractivity contribution in [2.45, 2.75) is 138 Å². The van der Waals surface area contributed by atoms with E-state index in [1.54, 1.807) is 27.9 Å². The molecule has 390 valence electrons. The summed E-state index contributed by atoms with van der Waals surface area (Å²) >= 11 is 0. The average Bonchev–Trinajstić information content (AvgIpc) is 4.04. The highest BCUT2D eigenvalue weighted by molar-refractivity contribution is 5.97. The Balaban J connectivity index is 1.04. The molecule has 3 heterocycles. The average molecular weight is 1010 g/mol. The SMILES string of the molecule is C#CC[C@H](NC(=O)[C@H](C)NC)C(=O)N1C[C@@H](NC(=O)c2cnc(C(=O)N[C@H]3C[C@@H](C(=O)N[C@@H]4CCCc5ccccc54)N(C(=O)[C@H](CC#C)NC(=O)[C@H](C)NC)C3)cn2)C[C@H]1C(=O)N[C@@H]1CCCc2ccccc21. The molecule has 4 aliphatic rings. The van der Waals surface area contributed by atoms with E-state index in [9.17, 15) is 38.4 Å². The molecule has 8 N–H and O–H groups in total. The Labute approximate surface area is 431 Å². The molecule has 3 aromatic rings. The fraction of sp³-hybridized carbons (Fsp3) is 0.481. The highest BCUT2D eigenvalue weighted by Crippen LogP contribution is 2.32. The number of aryl methyl sites for hydroxylation is 2. The number of nitrogens with one attached hydrogen (secondary N) is 8. The van der Waals surface area contributed by atoms with Crippen molar-refractivity contribution in [1.82, 2.24) is 62.3 Å². The number of carbonyl (C=O) groups is 8. The monoisotopic (exact) mass is 1010 g/mol. The minimum absolute atomic E-state index is 0.0357. The largest absolute Gasteiger partial charge is 0.347 e. The van der Waals surface area contributed by atoms with Crippen LogP contribution in [0.25, 0.3) is 0 Å². The van der Waals surface area contributed by atoms with Crippen molar-refractivity contribution in [1.29, 1.82) is 0 Å². The van der Waals surface area contributed by atoms with Crippen LogP contribution in [-0.2, 0) is 41.6 Å². The number of likely N-dealkylation sites (N-methyl/N-ethyl adjacent to an activating group) is 2. The second kappa shape index (κ2) is 24.8. The Hall–Kier alpha value is -7.68. The number of carbonyl (C=O) groups excluding carboxylic acids is 8. The van der Waals surface area contributed by atoms with E-state index in [0.717, 1.165) is 60.3 Å². The van der Waals surface area contributed by atoms with Crippen molar-refractivity contribution < 1.29 is 38.4 Å². The molecule has 8 amide bonds. The van der Waals surface area contributed by atoms with Crippen LogP contribution in [0, 0.1) is 24.7 Å². The van der Waals surface area contributed by atoms with Crippen LogP contribution in [0.5, 0.6) is 0 Å². The molecule has 2 fully saturated rings. The summed E-state index contributed by atoms with van der Waals surface area (Å²) in [5, 5.41) is 23.1. The standard InChI is InChI=1S/C54H66N12O8/c1-7-15-41(63-47(67)31(3)55-5)53(73)65-29-35(25-45(65)51(71)61-39-23-13-19-33-17-9-11-21-37(33)39)59-49(69)43-27-58-44(28-57-43)50(70)60-36-26-46(52(72)62-40-24-14-20-34-18-10-12-22-38(34)40)66(30-36)54(74)42(16-8-2)64-48(68)32(4)56-6/h1-2,9-12,17-18,21-22,27-28,31-32,35-36,39-42,45-46,55-56H,13-16,19-20,23-26,29-30H2,3-6H3,(H,59,69)(H,60,70)(H,61,71)(H,62,72)(H,63,67)(H,64,68)/t31-,32-,35-,36-,39+,40+,41-,42-,45-,46-/m0/s1. The molecule has 0 radical (unpaired) electrons. The number of hydrogen-bond donors (Lipinski definition) is 8. The molecular formula is C54H66N12O8. The maximum absolute atomic E-state index is 14.2. The summed E-state index contributed by atoms with van der Waals surface area (Å²) in [4.78, 5) is 121. The predicted molar refractivity (Wildman–Crippen MR) is 273 cm³/mol. The summed E-state index contributed by atoms with van der Waals surface area (Å²) in [6, 6.07) is 8.08. The smallest absolute Gasteiger partial charge is 0.271 e. The minimum Gasteiger partial charge on any atom is -0.347 e. The minimum atomic E-state index is -1.14. The van der Waals surface area contributed by atoms with E-state index < -0.39 is 95.6 Å². The second-order valence-electron chi connectivity index (χ2n) is 19.4. The zero-order chi connectivity index (χ0) is 53.1. The Morgan fingerprint density at radius 2 is 1.00 bits per heavy atom. The van der Waals surface area contributed by atoms with Crippen molar-refractivity contribution >= 4 is 47.3 Å². The van der Waals surface area contributed by atoms with Gasteiger partial charge in [-0.25, -0.2) is 9.97 Å². The van der Waals surface area contributed by atoms with Gasteiger partial charge in [-0.05, 0) is 102 Å². The first-order valence-corrected chi connectivity index (χ1v) is 25.3. The maximum Gasteiger partial charge on any atom is 0.271 e. The Kier molecular flexibility index (Phi) is 18.2. The molecule has 74 heavy (non-hydrogen) atoms. The second-order valence-corrected chi connectivity index (χ2v) is 19.4. The first kappa shape index (κ1) is 54.1. The fourth-order valence-electron chi connectivity index (χ4n) is 10.2. The van der Waals surface area contributed by atoms with Gasteiger partial charge in [-0.3, -0.25) is 38.4 Å². The number of rotatable bonds is 18. The molecule has 0 bridgehead atoms. The van der Waals surface area contributed by atoms with E-state index in [1.165, 1.54) is 9.80 Å². The van der Waals surface area contributed by atoms with Crippen molar-refractivity contribution in [3.05, 3.63) is 94.6 Å². The molecule has 2 saturated heterocycles. The van der Waals surface area contributed by atoms with Crippen LogP contribution in [0.15, 0.2) is 60.9 Å². The van der Waals surface area contributed by atoms with Gasteiger partial charge in [-0.15, -0.1) is 24.7 Å². The lowest BCUT2D eigenvalue weighted by molar-refractivity contribution is -0.141. The van der Waals surface area contributed by atoms with Crippen LogP contribution in [0.3, 0.4) is 0 Å². The number of amides is 8. The van der Waals surface area contributed by atoms with Crippen LogP contribution < -0.4 is 42.5 Å². The van der Waals surface area contributed by atoms with Gasteiger partial charge in [0.2, 0.25) is 35.4 Å². The highest BCUT2D eigenvalue weighted by Gasteiger charge is 2.45. The quantitative estimate of drug-likeness (QED) is 0.0811. The van der Waals surface area contributed by atoms with Gasteiger partial charge in [-0.2, -0.15) is 0 Å². The van der Waals surface area contributed by atoms with Gasteiger partial charge in [0.25, 0.3) is 11.8 Å². The fourth-order valence-corrected chi connectivity index (χ4v) is 10.2. The van der Waals surface area contributed by atoms with Gasteiger partial charge in [0.1, 0.15) is 35.6 Å². The number of benzene rings is 2. The molecule has 0 saturated carbocycles. The van der Waals surface area contributed by atoms with Gasteiger partial charge in [-0.1, -0.05) is 48.5 Å². The van der Waals surface area contributed by atoms with E-state index in [2.05, 4.69) is 64.3 Å². The van der Waals surface area contributed by atoms with E-state index in [0.29, 0.717) is 12.8 Å². The first-order valence-electron chi connectivity index (χ1n) is 25.3. The molecule has 7 rings (SSSR count). The molecule has 1 aromatic heterocycles. The normalized spacial score (nSPS) is 22.4. The zero-order valence-corrected chi connectivity index (χ0v) is 42.2. The summed E-state index contributed by atoms with van der Waals surface area (Å²) in [7, 11) is 3.21. The molecule has 2 aliphatic heterocycles. The lowest BCUT2D eigenvalue weighted by Gasteiger charge is -2.31. The number of terminal acetylenes is 2. The maximum atomic E-state index is 14.2. The number of aromatic nitrogens is 2. The summed E-state index contributed by atoms with van der Waals surface area (Å²) in [5.74, 6) is 0.626. The Morgan fingerprint density at radius 1 is 0.608 bits per heavy atom. The zero-order valence-electron chi connectivity index (χ0n) is 42.2. The van der Waals surface area contributed by atoms with Crippen molar-refractivity contribution in [2.75, 3.05) is 27.2 Å². The Morgan fingerprint density at radius 3 is 1.36 bits per heavy atom. The van der Waals surface area contributed by atoms with E-state index in [-0.39, 0.29) is 62.2 Å². The first-order chi connectivity index (χ1) is 35.6. The highest BCUT2D eigenvalue weighted by atomic mass is 16.2. The van der Waals surface area contributed by atoms with E-state index in [4.69, 9.17) is 12.8 Å². The third kappa shape index (κ3) is 12.7. The Bertz CT molecular complexity index is 2500. The number of fused-ring (bicyclic) bond motifs is 2. The van der Waals surface area contributed by atoms with Gasteiger partial charge < -0.3 is 52.3 Å². The van der Waals surface area contributed by atoms with Crippen LogP contribution in [0.2, 0.25) is 0 Å². The molecular weight excluding hydrogens is 945 g/mol. The lowest BCUT2D eigenvalue weighted by atomic mass is 9.87. The van der Waals surface area contributed by atoms with Crippen molar-refractivity contribution in [3.8, 4) is 24.7 Å². The van der Waals surface area contributed by atoms with Gasteiger partial charge >= 0.3 is 0 Å². The third-order valence-electron chi connectivity index (χ3n) is 14.5. The number of likely N-dealkylation sites (tertiary alicyclic amines) is 2. The van der Waals surface area contributed by atoms with Crippen LogP contribution in [0.1, 0.15) is 121 Å². The molecule has 2 aromatic carbocycles.